The third kappa shape index (κ3) is 4.93. The minimum absolute atomic E-state index is 0.0910. The molecule has 9 nitrogen and oxygen atoms in total. The first-order valence-corrected chi connectivity index (χ1v) is 11.1. The molecule has 1 aromatic heterocycles. The highest BCUT2D eigenvalue weighted by atomic mass is 16.5. The van der Waals surface area contributed by atoms with E-state index in [0.717, 1.165) is 22.3 Å². The van der Waals surface area contributed by atoms with Gasteiger partial charge in [0.25, 0.3) is 0 Å². The van der Waals surface area contributed by atoms with E-state index in [9.17, 15) is 19.5 Å². The lowest BCUT2D eigenvalue weighted by Gasteiger charge is -2.21. The molecule has 2 unspecified atom stereocenters. The number of alkyl carbamates (subject to hydrolysis) is 1. The number of carbonyl (C=O) groups excluding carboxylic acids is 2. The number of hydrogen-bond donors (Lipinski definition) is 3. The maximum absolute atomic E-state index is 12.9. The van der Waals surface area contributed by atoms with E-state index in [4.69, 9.17) is 4.74 Å². The molecule has 3 N–H and O–H groups in total. The van der Waals surface area contributed by atoms with Crippen molar-refractivity contribution in [2.75, 3.05) is 6.61 Å². The lowest BCUT2D eigenvalue weighted by atomic mass is 9.98. The van der Waals surface area contributed by atoms with Crippen LogP contribution < -0.4 is 10.6 Å². The molecule has 0 aliphatic heterocycles. The van der Waals surface area contributed by atoms with Gasteiger partial charge in [-0.1, -0.05) is 54.6 Å². The van der Waals surface area contributed by atoms with Crippen molar-refractivity contribution < 1.29 is 24.2 Å². The second-order valence-electron chi connectivity index (χ2n) is 8.21. The number of carboxylic acids is 1. The van der Waals surface area contributed by atoms with E-state index in [1.54, 1.807) is 7.05 Å². The van der Waals surface area contributed by atoms with Gasteiger partial charge in [0.1, 0.15) is 12.6 Å². The molecule has 3 aromatic rings. The minimum atomic E-state index is -1.33. The lowest BCUT2D eigenvalue weighted by Crippen LogP contribution is -2.49. The fourth-order valence-electron chi connectivity index (χ4n) is 4.35. The molecule has 0 saturated carbocycles. The molecule has 0 radical (unpaired) electrons. The predicted molar refractivity (Wildman–Crippen MR) is 129 cm³/mol. The monoisotopic (exact) mass is 474 g/mol. The Bertz CT molecular complexity index is 1220. The standard InChI is InChI=1S/C26H26N4O5/c1-3-8-21(24(31)29-23(25(32)33)22-13-14-27-30(22)2)28-26(34)35-15-20-18-11-6-4-9-16(18)17-10-5-7-12-19(17)20/h3-7,9-14,20-21,23H,1,8,15H2,2H3,(H,28,34)(H,29,31)(H,32,33). The third-order valence-electron chi connectivity index (χ3n) is 6.04. The van der Waals surface area contributed by atoms with Crippen LogP contribution in [0.2, 0.25) is 0 Å². The maximum atomic E-state index is 12.9. The van der Waals surface area contributed by atoms with Crippen LogP contribution >= 0.6 is 0 Å². The Hall–Kier alpha value is -4.40. The van der Waals surface area contributed by atoms with Crippen molar-refractivity contribution in [2.24, 2.45) is 7.05 Å². The Morgan fingerprint density at radius 2 is 1.71 bits per heavy atom. The van der Waals surface area contributed by atoms with Crippen LogP contribution in [0.1, 0.15) is 35.2 Å². The summed E-state index contributed by atoms with van der Waals surface area (Å²) in [6.07, 6.45) is 2.22. The van der Waals surface area contributed by atoms with Crippen molar-refractivity contribution >= 4 is 18.0 Å². The van der Waals surface area contributed by atoms with Gasteiger partial charge in [0.15, 0.2) is 6.04 Å². The van der Waals surface area contributed by atoms with E-state index in [1.165, 1.54) is 23.0 Å². The topological polar surface area (TPSA) is 123 Å². The Labute approximate surface area is 202 Å². The van der Waals surface area contributed by atoms with Crippen LogP contribution in [0.5, 0.6) is 0 Å². The van der Waals surface area contributed by atoms with Crippen LogP contribution in [-0.4, -0.2) is 45.5 Å². The second kappa shape index (κ2) is 10.3. The number of aromatic nitrogens is 2. The molecular weight excluding hydrogens is 448 g/mol. The molecule has 9 heteroatoms. The van der Waals surface area contributed by atoms with Crippen molar-refractivity contribution in [3.05, 3.63) is 90.3 Å². The van der Waals surface area contributed by atoms with Crippen LogP contribution in [0.25, 0.3) is 11.1 Å². The number of fused-ring (bicyclic) bond motifs is 3. The smallest absolute Gasteiger partial charge is 0.407 e. The quantitative estimate of drug-likeness (QED) is 0.410. The van der Waals surface area contributed by atoms with E-state index in [2.05, 4.69) is 22.3 Å². The van der Waals surface area contributed by atoms with Crippen LogP contribution in [0, 0.1) is 0 Å². The highest BCUT2D eigenvalue weighted by Crippen LogP contribution is 2.44. The fourth-order valence-corrected chi connectivity index (χ4v) is 4.35. The second-order valence-corrected chi connectivity index (χ2v) is 8.21. The number of benzene rings is 2. The molecule has 35 heavy (non-hydrogen) atoms. The summed E-state index contributed by atoms with van der Waals surface area (Å²) in [5.74, 6) is -2.05. The largest absolute Gasteiger partial charge is 0.479 e. The van der Waals surface area contributed by atoms with Gasteiger partial charge >= 0.3 is 12.1 Å². The van der Waals surface area contributed by atoms with Crippen molar-refractivity contribution in [3.63, 3.8) is 0 Å². The zero-order chi connectivity index (χ0) is 24.9. The number of carbonyl (C=O) groups is 3. The van der Waals surface area contributed by atoms with Crippen molar-refractivity contribution in [3.8, 4) is 11.1 Å². The molecule has 2 atom stereocenters. The van der Waals surface area contributed by atoms with Crippen molar-refractivity contribution in [1.82, 2.24) is 20.4 Å². The summed E-state index contributed by atoms with van der Waals surface area (Å²) >= 11 is 0. The number of ether oxygens (including phenoxy) is 1. The first-order valence-electron chi connectivity index (χ1n) is 11.1. The number of aryl methyl sites for hydroxylation is 1. The molecule has 0 saturated heterocycles. The molecule has 1 aliphatic carbocycles. The summed E-state index contributed by atoms with van der Waals surface area (Å²) < 4.78 is 6.88. The molecule has 0 bridgehead atoms. The molecule has 1 aliphatic rings. The van der Waals surface area contributed by atoms with Gasteiger partial charge in [-0.3, -0.25) is 9.48 Å². The number of hydrogen-bond acceptors (Lipinski definition) is 5. The summed E-state index contributed by atoms with van der Waals surface area (Å²) in [6.45, 7) is 3.72. The minimum Gasteiger partial charge on any atom is -0.479 e. The van der Waals surface area contributed by atoms with Crippen molar-refractivity contribution in [2.45, 2.75) is 24.4 Å². The Balaban J connectivity index is 1.42. The number of rotatable bonds is 9. The normalized spacial score (nSPS) is 13.7. The average Bonchev–Trinajstić information content (AvgIpc) is 3.41. The summed E-state index contributed by atoms with van der Waals surface area (Å²) in [5, 5.41) is 18.5. The Morgan fingerprint density at radius 1 is 1.09 bits per heavy atom. The van der Waals surface area contributed by atoms with Crippen LogP contribution in [0.15, 0.2) is 73.4 Å². The predicted octanol–water partition coefficient (Wildman–Crippen LogP) is 3.15. The van der Waals surface area contributed by atoms with Gasteiger partial charge in [-0.25, -0.2) is 9.59 Å². The third-order valence-corrected chi connectivity index (χ3v) is 6.04. The van der Waals surface area contributed by atoms with E-state index in [0.29, 0.717) is 5.69 Å². The zero-order valence-corrected chi connectivity index (χ0v) is 19.2. The maximum Gasteiger partial charge on any atom is 0.407 e. The van der Waals surface area contributed by atoms with Gasteiger partial charge < -0.3 is 20.5 Å². The average molecular weight is 475 g/mol. The molecule has 1 heterocycles. The first-order chi connectivity index (χ1) is 16.9. The highest BCUT2D eigenvalue weighted by molar-refractivity contribution is 5.89. The van der Waals surface area contributed by atoms with Crippen LogP contribution in [0.4, 0.5) is 4.79 Å². The molecular formula is C26H26N4O5. The van der Waals surface area contributed by atoms with E-state index in [-0.39, 0.29) is 18.9 Å². The molecule has 4 rings (SSSR count). The van der Waals surface area contributed by atoms with E-state index in [1.807, 2.05) is 48.5 Å². The summed E-state index contributed by atoms with van der Waals surface area (Å²) in [7, 11) is 1.58. The summed E-state index contributed by atoms with van der Waals surface area (Å²) in [5.41, 5.74) is 4.65. The molecule has 2 amide bonds. The molecule has 0 fully saturated rings. The van der Waals surface area contributed by atoms with Crippen molar-refractivity contribution in [1.29, 1.82) is 0 Å². The zero-order valence-electron chi connectivity index (χ0n) is 19.2. The number of nitrogens with zero attached hydrogens (tertiary/aromatic N) is 2. The fraction of sp³-hybridized carbons (Fsp3) is 0.231. The number of amides is 2. The van der Waals surface area contributed by atoms with Crippen LogP contribution in [0.3, 0.4) is 0 Å². The number of carboxylic acid groups (broad SMARTS) is 1. The van der Waals surface area contributed by atoms with Gasteiger partial charge in [0, 0.05) is 19.2 Å². The van der Waals surface area contributed by atoms with Gasteiger partial charge in [-0.05, 0) is 34.7 Å². The lowest BCUT2D eigenvalue weighted by molar-refractivity contribution is -0.142. The molecule has 180 valence electrons. The molecule has 2 aromatic carbocycles. The van der Waals surface area contributed by atoms with Gasteiger partial charge in [0.05, 0.1) is 5.69 Å². The van der Waals surface area contributed by atoms with E-state index >= 15 is 0 Å². The van der Waals surface area contributed by atoms with Crippen LogP contribution in [-0.2, 0) is 21.4 Å². The Kier molecular flexibility index (Phi) is 6.96. The van der Waals surface area contributed by atoms with Gasteiger partial charge in [-0.2, -0.15) is 5.10 Å². The Morgan fingerprint density at radius 3 is 2.26 bits per heavy atom. The molecule has 0 spiro atoms. The highest BCUT2D eigenvalue weighted by Gasteiger charge is 2.31. The summed E-state index contributed by atoms with van der Waals surface area (Å²) in [6, 6.07) is 15.1. The first kappa shape index (κ1) is 23.7. The number of nitrogens with one attached hydrogen (secondary N) is 2. The summed E-state index contributed by atoms with van der Waals surface area (Å²) in [4.78, 5) is 37.2. The SMILES string of the molecule is C=CCC(NC(=O)OCC1c2ccccc2-c2ccccc21)C(=O)NC(C(=O)O)c1ccnn1C. The number of aliphatic carboxylic acids is 1. The van der Waals surface area contributed by atoms with Gasteiger partial charge in [-0.15, -0.1) is 6.58 Å². The van der Waals surface area contributed by atoms with Gasteiger partial charge in [0.2, 0.25) is 5.91 Å². The van der Waals surface area contributed by atoms with E-state index < -0.39 is 30.1 Å².